The lowest BCUT2D eigenvalue weighted by Crippen LogP contribution is -2.43. The summed E-state index contributed by atoms with van der Waals surface area (Å²) in [6, 6.07) is 0.302. The Labute approximate surface area is 112 Å². The summed E-state index contributed by atoms with van der Waals surface area (Å²) in [5, 5.41) is 0. The predicted molar refractivity (Wildman–Crippen MR) is 76.3 cm³/mol. The van der Waals surface area contributed by atoms with E-state index < -0.39 is 0 Å². The highest BCUT2D eigenvalue weighted by molar-refractivity contribution is 5.77. The summed E-state index contributed by atoms with van der Waals surface area (Å²) in [7, 11) is 1.93. The second kappa shape index (κ2) is 6.55. The van der Waals surface area contributed by atoms with Gasteiger partial charge in [0.25, 0.3) is 0 Å². The summed E-state index contributed by atoms with van der Waals surface area (Å²) in [5.41, 5.74) is 6.04. The zero-order chi connectivity index (χ0) is 13.8. The van der Waals surface area contributed by atoms with Crippen LogP contribution in [-0.2, 0) is 4.79 Å². The number of nitrogens with zero attached hydrogens (tertiary/aromatic N) is 1. The van der Waals surface area contributed by atoms with Crippen LogP contribution in [0.15, 0.2) is 0 Å². The lowest BCUT2D eigenvalue weighted by molar-refractivity contribution is -0.135. The number of hydrogen-bond acceptors (Lipinski definition) is 2. The van der Waals surface area contributed by atoms with Crippen molar-refractivity contribution in [2.24, 2.45) is 17.1 Å². The minimum atomic E-state index is 0.0836. The third-order valence-electron chi connectivity index (χ3n) is 4.84. The van der Waals surface area contributed by atoms with E-state index in [0.717, 1.165) is 12.8 Å². The molecule has 106 valence electrons. The van der Waals surface area contributed by atoms with Crippen LogP contribution < -0.4 is 5.73 Å². The van der Waals surface area contributed by atoms with Crippen LogP contribution in [0.4, 0.5) is 0 Å². The molecular formula is C15H30N2O. The summed E-state index contributed by atoms with van der Waals surface area (Å²) in [6.45, 7) is 7.10. The highest BCUT2D eigenvalue weighted by Gasteiger charge is 2.34. The van der Waals surface area contributed by atoms with Crippen molar-refractivity contribution in [3.63, 3.8) is 0 Å². The smallest absolute Gasteiger partial charge is 0.223 e. The second-order valence-electron chi connectivity index (χ2n) is 6.43. The largest absolute Gasteiger partial charge is 0.343 e. The van der Waals surface area contributed by atoms with Gasteiger partial charge in [0.15, 0.2) is 0 Å². The molecule has 0 aromatic rings. The fourth-order valence-electron chi connectivity index (χ4n) is 2.87. The molecule has 1 atom stereocenters. The van der Waals surface area contributed by atoms with Gasteiger partial charge < -0.3 is 10.6 Å². The molecule has 1 fully saturated rings. The van der Waals surface area contributed by atoms with Crippen molar-refractivity contribution in [3.8, 4) is 0 Å². The third-order valence-corrected chi connectivity index (χ3v) is 4.84. The van der Waals surface area contributed by atoms with E-state index in [2.05, 4.69) is 20.8 Å². The average Bonchev–Trinajstić information content (AvgIpc) is 2.37. The van der Waals surface area contributed by atoms with Crippen LogP contribution in [0.3, 0.4) is 0 Å². The maximum Gasteiger partial charge on any atom is 0.223 e. The van der Waals surface area contributed by atoms with Gasteiger partial charge in [-0.3, -0.25) is 4.79 Å². The summed E-state index contributed by atoms with van der Waals surface area (Å²) < 4.78 is 0. The molecule has 0 aliphatic heterocycles. The second-order valence-corrected chi connectivity index (χ2v) is 6.43. The normalized spacial score (nSPS) is 20.8. The standard InChI is InChI=1S/C15H30N2O/c1-12(2)13(3)17(4)14(18)10-15(11-16)8-6-5-7-9-15/h12-13H,5-11,16H2,1-4H3. The van der Waals surface area contributed by atoms with Gasteiger partial charge in [-0.1, -0.05) is 33.1 Å². The van der Waals surface area contributed by atoms with E-state index in [4.69, 9.17) is 5.73 Å². The molecule has 0 bridgehead atoms. The number of rotatable bonds is 5. The molecule has 18 heavy (non-hydrogen) atoms. The Bertz CT molecular complexity index is 270. The molecule has 3 nitrogen and oxygen atoms in total. The van der Waals surface area contributed by atoms with Gasteiger partial charge in [-0.25, -0.2) is 0 Å². The van der Waals surface area contributed by atoms with Crippen molar-refractivity contribution < 1.29 is 4.79 Å². The number of hydrogen-bond donors (Lipinski definition) is 1. The SMILES string of the molecule is CC(C)C(C)N(C)C(=O)CC1(CN)CCCCC1. The molecule has 0 saturated heterocycles. The van der Waals surface area contributed by atoms with Crippen LogP contribution in [-0.4, -0.2) is 30.4 Å². The van der Waals surface area contributed by atoms with Crippen molar-refractivity contribution in [2.45, 2.75) is 65.3 Å². The first-order chi connectivity index (χ1) is 8.42. The highest BCUT2D eigenvalue weighted by Crippen LogP contribution is 2.38. The number of nitrogens with two attached hydrogens (primary N) is 1. The zero-order valence-corrected chi connectivity index (χ0v) is 12.5. The highest BCUT2D eigenvalue weighted by atomic mass is 16.2. The molecule has 0 radical (unpaired) electrons. The van der Waals surface area contributed by atoms with Crippen molar-refractivity contribution in [1.82, 2.24) is 4.90 Å². The minimum Gasteiger partial charge on any atom is -0.343 e. The van der Waals surface area contributed by atoms with Gasteiger partial charge >= 0.3 is 0 Å². The number of carbonyl (C=O) groups is 1. The van der Waals surface area contributed by atoms with Gasteiger partial charge in [-0.05, 0) is 37.6 Å². The minimum absolute atomic E-state index is 0.0836. The molecule has 1 amide bonds. The topological polar surface area (TPSA) is 46.3 Å². The molecule has 3 heteroatoms. The first-order valence-corrected chi connectivity index (χ1v) is 7.37. The van der Waals surface area contributed by atoms with Gasteiger partial charge in [0.2, 0.25) is 5.91 Å². The molecule has 1 aliphatic carbocycles. The molecule has 0 aromatic heterocycles. The number of carbonyl (C=O) groups excluding carboxylic acids is 1. The van der Waals surface area contributed by atoms with E-state index in [1.165, 1.54) is 19.3 Å². The zero-order valence-electron chi connectivity index (χ0n) is 12.5. The van der Waals surface area contributed by atoms with Gasteiger partial charge in [0.05, 0.1) is 0 Å². The van der Waals surface area contributed by atoms with E-state index in [0.29, 0.717) is 24.9 Å². The van der Waals surface area contributed by atoms with E-state index in [1.807, 2.05) is 11.9 Å². The van der Waals surface area contributed by atoms with Gasteiger partial charge in [0.1, 0.15) is 0 Å². The van der Waals surface area contributed by atoms with E-state index in [9.17, 15) is 4.79 Å². The summed E-state index contributed by atoms with van der Waals surface area (Å²) in [5.74, 6) is 0.766. The maximum atomic E-state index is 12.4. The summed E-state index contributed by atoms with van der Waals surface area (Å²) in [4.78, 5) is 14.3. The van der Waals surface area contributed by atoms with Gasteiger partial charge in [0, 0.05) is 19.5 Å². The third kappa shape index (κ3) is 3.71. The molecule has 1 rings (SSSR count). The number of amides is 1. The fourth-order valence-corrected chi connectivity index (χ4v) is 2.87. The summed E-state index contributed by atoms with van der Waals surface area (Å²) in [6.07, 6.45) is 6.64. The lowest BCUT2D eigenvalue weighted by Gasteiger charge is -2.38. The molecule has 0 heterocycles. The predicted octanol–water partition coefficient (Wildman–Crippen LogP) is 2.79. The van der Waals surface area contributed by atoms with Crippen molar-refractivity contribution in [1.29, 1.82) is 0 Å². The van der Waals surface area contributed by atoms with Crippen molar-refractivity contribution in [3.05, 3.63) is 0 Å². The molecule has 1 unspecified atom stereocenters. The Morgan fingerprint density at radius 2 is 1.78 bits per heavy atom. The van der Waals surface area contributed by atoms with Gasteiger partial charge in [-0.15, -0.1) is 0 Å². The first kappa shape index (κ1) is 15.5. The lowest BCUT2D eigenvalue weighted by atomic mass is 9.71. The molecular weight excluding hydrogens is 224 g/mol. The van der Waals surface area contributed by atoms with Crippen LogP contribution >= 0.6 is 0 Å². The van der Waals surface area contributed by atoms with Crippen LogP contribution in [0, 0.1) is 11.3 Å². The Morgan fingerprint density at radius 1 is 1.22 bits per heavy atom. The Hall–Kier alpha value is -0.570. The van der Waals surface area contributed by atoms with Gasteiger partial charge in [-0.2, -0.15) is 0 Å². The molecule has 1 saturated carbocycles. The maximum absolute atomic E-state index is 12.4. The van der Waals surface area contributed by atoms with Crippen LogP contribution in [0.1, 0.15) is 59.3 Å². The van der Waals surface area contributed by atoms with Crippen molar-refractivity contribution >= 4 is 5.91 Å². The van der Waals surface area contributed by atoms with Crippen LogP contribution in [0.25, 0.3) is 0 Å². The molecule has 0 spiro atoms. The Morgan fingerprint density at radius 3 is 2.22 bits per heavy atom. The first-order valence-electron chi connectivity index (χ1n) is 7.37. The Balaban J connectivity index is 2.61. The van der Waals surface area contributed by atoms with Crippen molar-refractivity contribution in [2.75, 3.05) is 13.6 Å². The van der Waals surface area contributed by atoms with E-state index in [-0.39, 0.29) is 11.3 Å². The quantitative estimate of drug-likeness (QED) is 0.820. The summed E-state index contributed by atoms with van der Waals surface area (Å²) >= 11 is 0. The molecule has 0 aromatic carbocycles. The fraction of sp³-hybridized carbons (Fsp3) is 0.933. The van der Waals surface area contributed by atoms with Crippen LogP contribution in [0.2, 0.25) is 0 Å². The van der Waals surface area contributed by atoms with E-state index in [1.54, 1.807) is 0 Å². The Kier molecular flexibility index (Phi) is 5.64. The van der Waals surface area contributed by atoms with E-state index >= 15 is 0 Å². The molecule has 1 aliphatic rings. The van der Waals surface area contributed by atoms with Crippen LogP contribution in [0.5, 0.6) is 0 Å². The molecule has 2 N–H and O–H groups in total. The monoisotopic (exact) mass is 254 g/mol. The average molecular weight is 254 g/mol.